The molecule has 4 aromatic carbocycles. The van der Waals surface area contributed by atoms with E-state index in [1.807, 2.05) is 24.3 Å². The summed E-state index contributed by atoms with van der Waals surface area (Å²) in [7, 11) is 1.64. The van der Waals surface area contributed by atoms with E-state index in [1.165, 1.54) is 16.7 Å². The molecule has 0 bridgehead atoms. The molecule has 0 aliphatic heterocycles. The molecule has 0 N–H and O–H groups in total. The molecule has 0 fully saturated rings. The van der Waals surface area contributed by atoms with Crippen LogP contribution < -0.4 is 4.74 Å². The van der Waals surface area contributed by atoms with Crippen LogP contribution in [-0.2, 0) is 29.1 Å². The summed E-state index contributed by atoms with van der Waals surface area (Å²) in [4.78, 5) is 13.9. The third-order valence-corrected chi connectivity index (χ3v) is 7.45. The summed E-state index contributed by atoms with van der Waals surface area (Å²) < 4.78 is 11.4. The normalized spacial score (nSPS) is 11.1. The van der Waals surface area contributed by atoms with Gasteiger partial charge in [-0.2, -0.15) is 0 Å². The highest BCUT2D eigenvalue weighted by Crippen LogP contribution is 2.19. The number of hydrogen-bond acceptors (Lipinski definition) is 4. The number of hydrogen-bond donors (Lipinski definition) is 0. The van der Waals surface area contributed by atoms with Crippen molar-refractivity contribution in [3.63, 3.8) is 0 Å². The summed E-state index contributed by atoms with van der Waals surface area (Å²) in [6.45, 7) is 8.87. The Morgan fingerprint density at radius 2 is 1.47 bits per heavy atom. The van der Waals surface area contributed by atoms with Gasteiger partial charge < -0.3 is 14.3 Å². The number of methoxy groups -OCH3 is 1. The van der Waals surface area contributed by atoms with Crippen LogP contribution in [0.1, 0.15) is 59.6 Å². The predicted octanol–water partition coefficient (Wildman–Crippen LogP) is 8.86. The van der Waals surface area contributed by atoms with Crippen molar-refractivity contribution in [3.05, 3.63) is 143 Å². The van der Waals surface area contributed by atoms with Crippen molar-refractivity contribution in [2.24, 2.45) is 0 Å². The summed E-state index contributed by atoms with van der Waals surface area (Å²) >= 11 is 0. The molecule has 0 aromatic heterocycles. The minimum atomic E-state index is 0.258. The average Bonchev–Trinajstić information content (AvgIpc) is 3.04. The molecule has 0 saturated carbocycles. The van der Waals surface area contributed by atoms with Crippen LogP contribution in [0.5, 0.6) is 5.75 Å². The van der Waals surface area contributed by atoms with Crippen molar-refractivity contribution in [2.75, 3.05) is 20.2 Å². The maximum Gasteiger partial charge on any atom is 0.129 e. The molecular weight excluding hydrogens is 530 g/mol. The van der Waals surface area contributed by atoms with Crippen LogP contribution in [0.2, 0.25) is 0 Å². The van der Waals surface area contributed by atoms with Crippen LogP contribution >= 0.6 is 0 Å². The Labute approximate surface area is 257 Å². The molecule has 0 aliphatic rings. The summed E-state index contributed by atoms with van der Waals surface area (Å²) in [6, 6.07) is 35.6. The summed E-state index contributed by atoms with van der Waals surface area (Å²) in [5.74, 6) is 1.81. The van der Waals surface area contributed by atoms with Crippen molar-refractivity contribution in [1.82, 2.24) is 4.90 Å². The number of ether oxygens (including phenoxy) is 2. The fourth-order valence-electron chi connectivity index (χ4n) is 4.88. The van der Waals surface area contributed by atoms with Gasteiger partial charge in [0.25, 0.3) is 0 Å². The van der Waals surface area contributed by atoms with E-state index < -0.39 is 0 Å². The fourth-order valence-corrected chi connectivity index (χ4v) is 4.88. The van der Waals surface area contributed by atoms with Gasteiger partial charge in [0.15, 0.2) is 0 Å². The number of Topliss-reactive ketones (excluding diaryl/α,β-unsaturated/α-hetero) is 1. The van der Waals surface area contributed by atoms with Gasteiger partial charge in [-0.05, 0) is 72.7 Å². The van der Waals surface area contributed by atoms with Gasteiger partial charge in [-0.3, -0.25) is 4.90 Å². The van der Waals surface area contributed by atoms with Gasteiger partial charge >= 0.3 is 0 Å². The fraction of sp³-hybridized carbons (Fsp3) is 0.256. The zero-order valence-corrected chi connectivity index (χ0v) is 25.5. The van der Waals surface area contributed by atoms with Crippen LogP contribution in [0, 0.1) is 0 Å². The molecule has 0 saturated heterocycles. The maximum atomic E-state index is 11.4. The predicted molar refractivity (Wildman–Crippen MR) is 179 cm³/mol. The van der Waals surface area contributed by atoms with Crippen LogP contribution in [0.4, 0.5) is 0 Å². The summed E-state index contributed by atoms with van der Waals surface area (Å²) in [5.41, 5.74) is 6.98. The first-order valence-electron chi connectivity index (χ1n) is 15.1. The number of ketones is 1. The van der Waals surface area contributed by atoms with Gasteiger partial charge in [0.05, 0.1) is 7.11 Å². The minimum Gasteiger partial charge on any atom is -0.497 e. The number of unbranched alkanes of at least 4 members (excludes halogenated alkanes) is 1. The second kappa shape index (κ2) is 16.9. The lowest BCUT2D eigenvalue weighted by atomic mass is 10.1. The lowest BCUT2D eigenvalue weighted by molar-refractivity contribution is -0.117. The zero-order valence-electron chi connectivity index (χ0n) is 25.5. The number of nitrogens with zero attached hydrogens (tertiary/aromatic N) is 1. The third kappa shape index (κ3) is 11.1. The van der Waals surface area contributed by atoms with E-state index in [1.54, 1.807) is 14.0 Å². The Morgan fingerprint density at radius 3 is 2.16 bits per heavy atom. The first-order valence-corrected chi connectivity index (χ1v) is 15.1. The number of carbonyl (C=O) groups excluding carboxylic acids is 1. The van der Waals surface area contributed by atoms with E-state index in [9.17, 15) is 4.79 Å². The van der Waals surface area contributed by atoms with Gasteiger partial charge in [0.1, 0.15) is 23.9 Å². The second-order valence-electron chi connectivity index (χ2n) is 10.9. The molecule has 0 radical (unpaired) electrons. The Morgan fingerprint density at radius 1 is 0.767 bits per heavy atom. The number of rotatable bonds is 17. The Bertz CT molecular complexity index is 1460. The van der Waals surface area contributed by atoms with E-state index in [-0.39, 0.29) is 5.78 Å². The second-order valence-corrected chi connectivity index (χ2v) is 10.9. The SMILES string of the molecule is C=C(OC)c1ccc(CN(CCCCC(C)=O)CCc2cccc(OCc3ccc(/C=C/c4ccccc4)cc3)c2)cc1. The van der Waals surface area contributed by atoms with Crippen molar-refractivity contribution in [1.29, 1.82) is 0 Å². The van der Waals surface area contributed by atoms with E-state index in [0.717, 1.165) is 61.3 Å². The number of carbonyl (C=O) groups is 1. The molecule has 4 nitrogen and oxygen atoms in total. The topological polar surface area (TPSA) is 38.8 Å². The third-order valence-electron chi connectivity index (χ3n) is 7.45. The van der Waals surface area contributed by atoms with Crippen LogP contribution in [0.15, 0.2) is 110 Å². The number of benzene rings is 4. The molecule has 0 spiro atoms. The highest BCUT2D eigenvalue weighted by molar-refractivity contribution is 5.75. The first kappa shape index (κ1) is 31.5. The van der Waals surface area contributed by atoms with Crippen LogP contribution in [-0.4, -0.2) is 30.9 Å². The van der Waals surface area contributed by atoms with E-state index in [4.69, 9.17) is 9.47 Å². The van der Waals surface area contributed by atoms with Gasteiger partial charge in [-0.1, -0.05) is 110 Å². The molecule has 0 heterocycles. The molecule has 0 aliphatic carbocycles. The molecule has 4 rings (SSSR count). The van der Waals surface area contributed by atoms with Crippen molar-refractivity contribution >= 4 is 23.7 Å². The molecule has 43 heavy (non-hydrogen) atoms. The maximum absolute atomic E-state index is 11.4. The Hall–Kier alpha value is -4.41. The Kier molecular flexibility index (Phi) is 12.4. The molecule has 4 aromatic rings. The smallest absolute Gasteiger partial charge is 0.129 e. The van der Waals surface area contributed by atoms with Gasteiger partial charge in [0, 0.05) is 25.1 Å². The molecule has 0 amide bonds. The van der Waals surface area contributed by atoms with E-state index in [2.05, 4.69) is 102 Å². The molecule has 4 heteroatoms. The Balaban J connectivity index is 1.31. The van der Waals surface area contributed by atoms with Gasteiger partial charge in [0.2, 0.25) is 0 Å². The quantitative estimate of drug-likeness (QED) is 0.0718. The highest BCUT2D eigenvalue weighted by atomic mass is 16.5. The van der Waals surface area contributed by atoms with Crippen LogP contribution in [0.25, 0.3) is 17.9 Å². The lowest BCUT2D eigenvalue weighted by Crippen LogP contribution is -2.27. The first-order chi connectivity index (χ1) is 21.0. The minimum absolute atomic E-state index is 0.258. The lowest BCUT2D eigenvalue weighted by Gasteiger charge is -2.23. The highest BCUT2D eigenvalue weighted by Gasteiger charge is 2.09. The van der Waals surface area contributed by atoms with Crippen molar-refractivity contribution in [3.8, 4) is 5.75 Å². The monoisotopic (exact) mass is 573 g/mol. The van der Waals surface area contributed by atoms with Gasteiger partial charge in [-0.15, -0.1) is 0 Å². The molecular formula is C39H43NO3. The zero-order chi connectivity index (χ0) is 30.3. The van der Waals surface area contributed by atoms with E-state index in [0.29, 0.717) is 18.8 Å². The average molecular weight is 574 g/mol. The van der Waals surface area contributed by atoms with Gasteiger partial charge in [-0.25, -0.2) is 0 Å². The molecule has 0 unspecified atom stereocenters. The standard InChI is InChI=1S/C39H43NO3/c1-31(41)10-7-8-26-40(29-36-21-23-38(24-22-36)32(2)42-3)27-25-35-13-9-14-39(28-35)43-30-37-19-17-34(18-20-37)16-15-33-11-5-4-6-12-33/h4-6,9,11-24,28H,2,7-8,10,25-27,29-30H2,1,3H3/b16-15+. The molecule has 0 atom stereocenters. The molecule has 222 valence electrons. The van der Waals surface area contributed by atoms with Crippen molar-refractivity contribution in [2.45, 2.75) is 45.8 Å². The largest absolute Gasteiger partial charge is 0.497 e. The van der Waals surface area contributed by atoms with Crippen LogP contribution in [0.3, 0.4) is 0 Å². The van der Waals surface area contributed by atoms with E-state index >= 15 is 0 Å². The summed E-state index contributed by atoms with van der Waals surface area (Å²) in [6.07, 6.45) is 7.75. The van der Waals surface area contributed by atoms with Crippen molar-refractivity contribution < 1.29 is 14.3 Å². The summed E-state index contributed by atoms with van der Waals surface area (Å²) in [5, 5.41) is 0.